The number of pyridine rings is 1. The van der Waals surface area contributed by atoms with Crippen LogP contribution in [0.25, 0.3) is 10.8 Å². The Morgan fingerprint density at radius 3 is 2.81 bits per heavy atom. The molecule has 5 rings (SSSR count). The first-order valence-electron chi connectivity index (χ1n) is 11.0. The van der Waals surface area contributed by atoms with Gasteiger partial charge in [-0.2, -0.15) is 0 Å². The van der Waals surface area contributed by atoms with Gasteiger partial charge in [0.1, 0.15) is 5.75 Å². The van der Waals surface area contributed by atoms with Crippen LogP contribution in [0.2, 0.25) is 0 Å². The first-order chi connectivity index (χ1) is 15.8. The van der Waals surface area contributed by atoms with E-state index in [1.807, 2.05) is 24.5 Å². The molecule has 6 nitrogen and oxygen atoms in total. The molecule has 0 radical (unpaired) electrons. The molecule has 1 aliphatic rings. The SMILES string of the molecule is c1cnc(Oc2cccc(CN3CCOCC(Cc4ccc5ccncc5c4)C3)c2)nc1. The Bertz CT molecular complexity index is 1170. The third-order valence-corrected chi connectivity index (χ3v) is 5.71. The Morgan fingerprint density at radius 2 is 1.88 bits per heavy atom. The number of fused-ring (bicyclic) bond motifs is 1. The summed E-state index contributed by atoms with van der Waals surface area (Å²) in [6.45, 7) is 4.32. The van der Waals surface area contributed by atoms with Crippen molar-refractivity contribution in [1.82, 2.24) is 19.9 Å². The fraction of sp³-hybridized carbons (Fsp3) is 0.269. The lowest BCUT2D eigenvalue weighted by Crippen LogP contribution is -2.30. The summed E-state index contributed by atoms with van der Waals surface area (Å²) in [5, 5.41) is 2.42. The minimum Gasteiger partial charge on any atom is -0.424 e. The highest BCUT2D eigenvalue weighted by molar-refractivity contribution is 5.82. The molecule has 1 saturated heterocycles. The van der Waals surface area contributed by atoms with Crippen LogP contribution in [0, 0.1) is 5.92 Å². The smallest absolute Gasteiger partial charge is 0.321 e. The lowest BCUT2D eigenvalue weighted by atomic mass is 9.97. The van der Waals surface area contributed by atoms with E-state index in [-0.39, 0.29) is 0 Å². The minimum absolute atomic E-state index is 0.360. The normalized spacial score (nSPS) is 17.2. The lowest BCUT2D eigenvalue weighted by molar-refractivity contribution is 0.121. The van der Waals surface area contributed by atoms with Crippen LogP contribution in [0.1, 0.15) is 11.1 Å². The van der Waals surface area contributed by atoms with E-state index < -0.39 is 0 Å². The predicted octanol–water partition coefficient (Wildman–Crippen LogP) is 4.51. The molecule has 2 aromatic carbocycles. The van der Waals surface area contributed by atoms with Crippen molar-refractivity contribution in [3.63, 3.8) is 0 Å². The van der Waals surface area contributed by atoms with Gasteiger partial charge in [-0.25, -0.2) is 9.97 Å². The first-order valence-corrected chi connectivity index (χ1v) is 11.0. The molecule has 0 amide bonds. The Labute approximate surface area is 187 Å². The summed E-state index contributed by atoms with van der Waals surface area (Å²) in [6.07, 6.45) is 8.12. The van der Waals surface area contributed by atoms with E-state index in [0.717, 1.165) is 45.0 Å². The van der Waals surface area contributed by atoms with Gasteiger partial charge in [0, 0.05) is 49.8 Å². The van der Waals surface area contributed by atoms with Crippen molar-refractivity contribution in [2.24, 2.45) is 5.92 Å². The topological polar surface area (TPSA) is 60.4 Å². The maximum absolute atomic E-state index is 5.94. The van der Waals surface area contributed by atoms with E-state index in [9.17, 15) is 0 Å². The average molecular weight is 427 g/mol. The van der Waals surface area contributed by atoms with Gasteiger partial charge >= 0.3 is 6.01 Å². The molecule has 1 atom stereocenters. The Kier molecular flexibility index (Phi) is 6.32. The highest BCUT2D eigenvalue weighted by Gasteiger charge is 2.19. The molecule has 0 aliphatic carbocycles. The molecule has 0 spiro atoms. The van der Waals surface area contributed by atoms with E-state index in [2.05, 4.69) is 56.3 Å². The van der Waals surface area contributed by atoms with Crippen molar-refractivity contribution in [3.8, 4) is 11.8 Å². The van der Waals surface area contributed by atoms with Gasteiger partial charge < -0.3 is 9.47 Å². The lowest BCUT2D eigenvalue weighted by Gasteiger charge is -2.23. The number of ether oxygens (including phenoxy) is 2. The van der Waals surface area contributed by atoms with E-state index in [0.29, 0.717) is 11.9 Å². The first kappa shape index (κ1) is 20.5. The number of hydrogen-bond acceptors (Lipinski definition) is 6. The summed E-state index contributed by atoms with van der Waals surface area (Å²) >= 11 is 0. The van der Waals surface area contributed by atoms with E-state index in [1.165, 1.54) is 21.9 Å². The number of benzene rings is 2. The molecule has 0 N–H and O–H groups in total. The summed E-state index contributed by atoms with van der Waals surface area (Å²) in [7, 11) is 0. The molecule has 32 heavy (non-hydrogen) atoms. The number of rotatable bonds is 6. The van der Waals surface area contributed by atoms with Gasteiger partial charge in [0.05, 0.1) is 13.2 Å². The van der Waals surface area contributed by atoms with Crippen molar-refractivity contribution < 1.29 is 9.47 Å². The molecular formula is C26H26N4O2. The van der Waals surface area contributed by atoms with Gasteiger partial charge in [-0.05, 0) is 59.2 Å². The molecule has 3 heterocycles. The number of nitrogens with zero attached hydrogens (tertiary/aromatic N) is 4. The monoisotopic (exact) mass is 426 g/mol. The van der Waals surface area contributed by atoms with Crippen LogP contribution in [0.3, 0.4) is 0 Å². The molecule has 1 fully saturated rings. The zero-order valence-corrected chi connectivity index (χ0v) is 17.9. The molecule has 162 valence electrons. The molecule has 6 heteroatoms. The summed E-state index contributed by atoms with van der Waals surface area (Å²) < 4.78 is 11.7. The van der Waals surface area contributed by atoms with Crippen molar-refractivity contribution in [2.45, 2.75) is 13.0 Å². The quantitative estimate of drug-likeness (QED) is 0.452. The maximum Gasteiger partial charge on any atom is 0.321 e. The van der Waals surface area contributed by atoms with Crippen molar-refractivity contribution in [1.29, 1.82) is 0 Å². The largest absolute Gasteiger partial charge is 0.424 e. The Balaban J connectivity index is 1.24. The van der Waals surface area contributed by atoms with Crippen LogP contribution >= 0.6 is 0 Å². The molecule has 2 aromatic heterocycles. The van der Waals surface area contributed by atoms with Crippen molar-refractivity contribution >= 4 is 10.8 Å². The summed E-state index contributed by atoms with van der Waals surface area (Å²) in [6, 6.07) is 19.0. The molecule has 4 aromatic rings. The molecular weight excluding hydrogens is 400 g/mol. The second-order valence-corrected chi connectivity index (χ2v) is 8.22. The average Bonchev–Trinajstić information content (AvgIpc) is 3.04. The van der Waals surface area contributed by atoms with Crippen LogP contribution in [0.5, 0.6) is 11.8 Å². The third-order valence-electron chi connectivity index (χ3n) is 5.71. The fourth-order valence-corrected chi connectivity index (χ4v) is 4.22. The second-order valence-electron chi connectivity index (χ2n) is 8.22. The third kappa shape index (κ3) is 5.28. The molecule has 0 bridgehead atoms. The highest BCUT2D eigenvalue weighted by atomic mass is 16.5. The number of aromatic nitrogens is 3. The standard InChI is InChI=1S/C26H26N4O2/c1-3-21(15-25(4-1)32-26-28-8-2-9-29-26)17-30-11-12-31-19-22(18-30)13-20-5-6-23-7-10-27-16-24(23)14-20/h1-10,14-16,22H,11-13,17-19H2. The van der Waals surface area contributed by atoms with Gasteiger partial charge in [0.25, 0.3) is 0 Å². The number of hydrogen-bond donors (Lipinski definition) is 0. The molecule has 1 aliphatic heterocycles. The van der Waals surface area contributed by atoms with Crippen molar-refractivity contribution in [3.05, 3.63) is 90.5 Å². The summed E-state index contributed by atoms with van der Waals surface area (Å²) in [4.78, 5) is 15.0. The highest BCUT2D eigenvalue weighted by Crippen LogP contribution is 2.22. The van der Waals surface area contributed by atoms with E-state index >= 15 is 0 Å². The van der Waals surface area contributed by atoms with Crippen LogP contribution in [0.15, 0.2) is 79.4 Å². The van der Waals surface area contributed by atoms with E-state index in [1.54, 1.807) is 18.5 Å². The molecule has 0 saturated carbocycles. The van der Waals surface area contributed by atoms with Crippen LogP contribution < -0.4 is 4.74 Å². The molecule has 1 unspecified atom stereocenters. The zero-order valence-electron chi connectivity index (χ0n) is 17.9. The maximum atomic E-state index is 5.94. The van der Waals surface area contributed by atoms with Gasteiger partial charge in [-0.1, -0.05) is 24.3 Å². The Hall–Kier alpha value is -3.35. The predicted molar refractivity (Wildman–Crippen MR) is 124 cm³/mol. The van der Waals surface area contributed by atoms with Crippen molar-refractivity contribution in [2.75, 3.05) is 26.3 Å². The van der Waals surface area contributed by atoms with Gasteiger partial charge in [0.15, 0.2) is 0 Å². The van der Waals surface area contributed by atoms with E-state index in [4.69, 9.17) is 9.47 Å². The van der Waals surface area contributed by atoms with Gasteiger partial charge in [0.2, 0.25) is 0 Å². The Morgan fingerprint density at radius 1 is 0.938 bits per heavy atom. The zero-order chi connectivity index (χ0) is 21.6. The van der Waals surface area contributed by atoms with Crippen LogP contribution in [-0.2, 0) is 17.7 Å². The summed E-state index contributed by atoms with van der Waals surface area (Å²) in [5.41, 5.74) is 2.54. The fourth-order valence-electron chi connectivity index (χ4n) is 4.22. The van der Waals surface area contributed by atoms with Crippen LogP contribution in [0.4, 0.5) is 0 Å². The van der Waals surface area contributed by atoms with Crippen LogP contribution in [-0.4, -0.2) is 46.2 Å². The van der Waals surface area contributed by atoms with Gasteiger partial charge in [-0.15, -0.1) is 0 Å². The minimum atomic E-state index is 0.360. The summed E-state index contributed by atoms with van der Waals surface area (Å²) in [5.74, 6) is 1.20. The second kappa shape index (κ2) is 9.85. The van der Waals surface area contributed by atoms with Gasteiger partial charge in [-0.3, -0.25) is 9.88 Å².